The van der Waals surface area contributed by atoms with E-state index in [2.05, 4.69) is 23.1 Å². The molecule has 0 fully saturated rings. The third kappa shape index (κ3) is 23.8. The zero-order valence-corrected chi connectivity index (χ0v) is 8.42. The molecule has 0 aromatic heterocycles. The number of aliphatic hydroxyl groups excluding tert-OH is 1. The van der Waals surface area contributed by atoms with E-state index >= 15 is 0 Å². The number of hydrogen-bond donors (Lipinski definition) is 1. The normalized spacial score (nSPS) is 8.40. The molecule has 1 atom stereocenters. The summed E-state index contributed by atoms with van der Waals surface area (Å²) in [5, 5.41) is 8.07. The second-order valence-electron chi connectivity index (χ2n) is 2.22. The van der Waals surface area contributed by atoms with E-state index in [0.29, 0.717) is 6.61 Å². The van der Waals surface area contributed by atoms with Crippen LogP contribution in [0.3, 0.4) is 0 Å². The van der Waals surface area contributed by atoms with Crippen LogP contribution in [-0.4, -0.2) is 17.9 Å². The summed E-state index contributed by atoms with van der Waals surface area (Å²) in [6.45, 7) is 4.59. The predicted octanol–water partition coefficient (Wildman–Crippen LogP) is 2.44. The first-order valence-electron chi connectivity index (χ1n) is 4.14. The van der Waals surface area contributed by atoms with Gasteiger partial charge in [-0.05, 0) is 12.6 Å². The van der Waals surface area contributed by atoms with Crippen molar-refractivity contribution < 1.29 is 5.11 Å². The van der Waals surface area contributed by atoms with Gasteiger partial charge in [-0.1, -0.05) is 33.1 Å². The molecule has 0 aliphatic heterocycles. The Labute approximate surface area is 67.4 Å². The van der Waals surface area contributed by atoms with Crippen LogP contribution >= 0.6 is 9.24 Å². The van der Waals surface area contributed by atoms with E-state index in [-0.39, 0.29) is 0 Å². The highest BCUT2D eigenvalue weighted by Crippen LogP contribution is 1.89. The quantitative estimate of drug-likeness (QED) is 0.633. The molecule has 0 spiro atoms. The Balaban J connectivity index is 0. The van der Waals surface area contributed by atoms with Crippen molar-refractivity contribution in [1.29, 1.82) is 0 Å². The van der Waals surface area contributed by atoms with E-state index in [1.54, 1.807) is 0 Å². The Kier molecular flexibility index (Phi) is 21.1. The van der Waals surface area contributed by atoms with Crippen LogP contribution in [0.25, 0.3) is 0 Å². The third-order valence-corrected chi connectivity index (χ3v) is 1.48. The van der Waals surface area contributed by atoms with Gasteiger partial charge in [-0.2, -0.15) is 0 Å². The highest BCUT2D eigenvalue weighted by molar-refractivity contribution is 7.16. The van der Waals surface area contributed by atoms with Crippen molar-refractivity contribution in [2.24, 2.45) is 0 Å². The third-order valence-electron chi connectivity index (χ3n) is 1.07. The van der Waals surface area contributed by atoms with Gasteiger partial charge in [0.25, 0.3) is 0 Å². The first-order chi connectivity index (χ1) is 4.83. The Morgan fingerprint density at radius 1 is 1.10 bits per heavy atom. The van der Waals surface area contributed by atoms with Gasteiger partial charge in [-0.25, -0.2) is 0 Å². The van der Waals surface area contributed by atoms with Crippen LogP contribution in [-0.2, 0) is 0 Å². The molecule has 0 aliphatic rings. The molecule has 0 amide bonds. The molecule has 0 heterocycles. The summed E-state index contributed by atoms with van der Waals surface area (Å²) in [5.41, 5.74) is 0. The minimum absolute atomic E-state index is 0.344. The fourth-order valence-electron chi connectivity index (χ4n) is 0.362. The Bertz CT molecular complexity index is 30.2. The Morgan fingerprint density at radius 3 is 1.60 bits per heavy atom. The summed E-state index contributed by atoms with van der Waals surface area (Å²) in [6.07, 6.45) is 5.97. The molecule has 0 rings (SSSR count). The maximum atomic E-state index is 8.07. The van der Waals surface area contributed by atoms with Gasteiger partial charge in [0.15, 0.2) is 0 Å². The Hall–Kier alpha value is 0.390. The second-order valence-corrected chi connectivity index (χ2v) is 2.80. The number of hydrogen-bond acceptors (Lipinski definition) is 1. The van der Waals surface area contributed by atoms with Crippen molar-refractivity contribution in [3.8, 4) is 0 Å². The summed E-state index contributed by atoms with van der Waals surface area (Å²) in [5.74, 6) is 0. The average Bonchev–Trinajstić information content (AvgIpc) is 1.93. The lowest BCUT2D eigenvalue weighted by molar-refractivity contribution is 0.287. The summed E-state index contributed by atoms with van der Waals surface area (Å²) in [7, 11) is 2.70. The molecule has 1 unspecified atom stereocenters. The van der Waals surface area contributed by atoms with Crippen LogP contribution in [0.15, 0.2) is 0 Å². The van der Waals surface area contributed by atoms with E-state index < -0.39 is 0 Å². The van der Waals surface area contributed by atoms with Gasteiger partial charge in [0.2, 0.25) is 0 Å². The summed E-state index contributed by atoms with van der Waals surface area (Å²) in [4.78, 5) is 0. The van der Waals surface area contributed by atoms with Crippen molar-refractivity contribution in [3.63, 3.8) is 0 Å². The molecule has 0 aromatic rings. The monoisotopic (exact) mass is 164 g/mol. The highest BCUT2D eigenvalue weighted by atomic mass is 31.0. The molecule has 0 radical (unpaired) electrons. The maximum Gasteiger partial charge on any atom is 0.0430 e. The maximum absolute atomic E-state index is 8.07. The van der Waals surface area contributed by atoms with Gasteiger partial charge in [0.05, 0.1) is 0 Å². The molecule has 1 nitrogen and oxygen atoms in total. The lowest BCUT2D eigenvalue weighted by Gasteiger charge is -1.79. The second kappa shape index (κ2) is 16.2. The van der Waals surface area contributed by atoms with Gasteiger partial charge < -0.3 is 5.11 Å². The van der Waals surface area contributed by atoms with Gasteiger partial charge in [-0.3, -0.25) is 0 Å². The van der Waals surface area contributed by atoms with Crippen molar-refractivity contribution >= 4 is 9.24 Å². The lowest BCUT2D eigenvalue weighted by Crippen LogP contribution is -1.75. The minimum Gasteiger partial charge on any atom is -0.396 e. The van der Waals surface area contributed by atoms with Crippen molar-refractivity contribution in [1.82, 2.24) is 0 Å². The molecule has 0 bridgehead atoms. The first-order valence-corrected chi connectivity index (χ1v) is 4.96. The zero-order chi connectivity index (χ0) is 8.24. The summed E-state index contributed by atoms with van der Waals surface area (Å²) >= 11 is 0. The van der Waals surface area contributed by atoms with Gasteiger partial charge in [0.1, 0.15) is 0 Å². The highest BCUT2D eigenvalue weighted by Gasteiger charge is 1.69. The van der Waals surface area contributed by atoms with Crippen LogP contribution in [0, 0.1) is 0 Å². The molecule has 0 saturated heterocycles. The van der Waals surface area contributed by atoms with E-state index in [4.69, 9.17) is 5.11 Å². The summed E-state index contributed by atoms with van der Waals surface area (Å²) in [6, 6.07) is 0. The van der Waals surface area contributed by atoms with Crippen molar-refractivity contribution in [2.45, 2.75) is 39.5 Å². The van der Waals surface area contributed by atoms with E-state index in [1.165, 1.54) is 19.0 Å². The van der Waals surface area contributed by atoms with Crippen LogP contribution in [0.2, 0.25) is 0 Å². The Morgan fingerprint density at radius 2 is 1.60 bits per heavy atom. The first kappa shape index (κ1) is 13.0. The van der Waals surface area contributed by atoms with Crippen molar-refractivity contribution in [3.05, 3.63) is 0 Å². The van der Waals surface area contributed by atoms with Crippen LogP contribution < -0.4 is 0 Å². The fourth-order valence-corrected chi connectivity index (χ4v) is 0.770. The smallest absolute Gasteiger partial charge is 0.0430 e. The fraction of sp³-hybridized carbons (Fsp3) is 1.00. The van der Waals surface area contributed by atoms with Gasteiger partial charge in [-0.15, -0.1) is 9.24 Å². The molecular weight excluding hydrogens is 143 g/mol. The van der Waals surface area contributed by atoms with E-state index in [0.717, 1.165) is 12.8 Å². The van der Waals surface area contributed by atoms with Crippen molar-refractivity contribution in [2.75, 3.05) is 12.8 Å². The molecular formula is C8H21OP. The molecule has 1 N–H and O–H groups in total. The number of rotatable bonds is 4. The number of aliphatic hydroxyl groups is 1. The summed E-state index contributed by atoms with van der Waals surface area (Å²) < 4.78 is 0. The van der Waals surface area contributed by atoms with Gasteiger partial charge >= 0.3 is 0 Å². The topological polar surface area (TPSA) is 20.2 Å². The SMILES string of the molecule is CCCCO.CCCCP. The lowest BCUT2D eigenvalue weighted by atomic mass is 10.4. The van der Waals surface area contributed by atoms with Crippen LogP contribution in [0.4, 0.5) is 0 Å². The standard InChI is InChI=1S/C4H10O.C4H11P/c2*1-2-3-4-5/h5H,2-4H2,1H3;2-5H2,1H3. The molecule has 64 valence electrons. The zero-order valence-electron chi connectivity index (χ0n) is 7.27. The largest absolute Gasteiger partial charge is 0.396 e. The minimum atomic E-state index is 0.344. The van der Waals surface area contributed by atoms with E-state index in [9.17, 15) is 0 Å². The molecule has 0 saturated carbocycles. The average molecular weight is 164 g/mol. The number of unbranched alkanes of at least 4 members (excludes halogenated alkanes) is 2. The van der Waals surface area contributed by atoms with Crippen LogP contribution in [0.1, 0.15) is 39.5 Å². The van der Waals surface area contributed by atoms with E-state index in [1.807, 2.05) is 0 Å². The molecule has 2 heteroatoms. The molecule has 0 aliphatic carbocycles. The van der Waals surface area contributed by atoms with Crippen LogP contribution in [0.5, 0.6) is 0 Å². The van der Waals surface area contributed by atoms with Gasteiger partial charge in [0, 0.05) is 6.61 Å². The molecule has 10 heavy (non-hydrogen) atoms. The molecule has 0 aromatic carbocycles. The predicted molar refractivity (Wildman–Crippen MR) is 51.5 cm³/mol.